The summed E-state index contributed by atoms with van der Waals surface area (Å²) in [6.07, 6.45) is 9.61. The number of aromatic nitrogens is 1. The molecule has 166 valence electrons. The van der Waals surface area contributed by atoms with Crippen molar-refractivity contribution in [3.63, 3.8) is 0 Å². The first kappa shape index (κ1) is 21.8. The highest BCUT2D eigenvalue weighted by molar-refractivity contribution is 6.34. The molecule has 1 aliphatic carbocycles. The maximum Gasteiger partial charge on any atom is 0.322 e. The lowest BCUT2D eigenvalue weighted by Gasteiger charge is -2.31. The fourth-order valence-electron chi connectivity index (χ4n) is 4.92. The van der Waals surface area contributed by atoms with Crippen LogP contribution in [0.2, 0.25) is 5.02 Å². The van der Waals surface area contributed by atoms with E-state index in [1.54, 1.807) is 18.2 Å². The average molecular weight is 443 g/mol. The Labute approximate surface area is 189 Å². The first-order chi connectivity index (χ1) is 15.0. The van der Waals surface area contributed by atoms with Crippen LogP contribution in [-0.4, -0.2) is 45.9 Å². The van der Waals surface area contributed by atoms with Crippen molar-refractivity contribution in [2.45, 2.75) is 57.0 Å². The highest BCUT2D eigenvalue weighted by Gasteiger charge is 2.31. The molecule has 0 spiro atoms. The van der Waals surface area contributed by atoms with Crippen molar-refractivity contribution in [1.29, 1.82) is 0 Å². The van der Waals surface area contributed by atoms with Gasteiger partial charge < -0.3 is 19.7 Å². The molecule has 1 aromatic carbocycles. The predicted octanol–water partition coefficient (Wildman–Crippen LogP) is 5.45. The molecule has 1 unspecified atom stereocenters. The standard InChI is InChI=1S/C24H31ClN4O2/c1-27-14-6-10-21(27)22-11-7-15-29(22)24(31)26-17-12-13-19(20(25)16-17)23(30)28(2)18-8-4-3-5-9-18/h6,10,12-14,16,18,22H,3-5,7-9,11,15H2,1-2H3,(H,26,31). The molecule has 7 heteroatoms. The molecule has 1 aliphatic heterocycles. The first-order valence-electron chi connectivity index (χ1n) is 11.2. The van der Waals surface area contributed by atoms with Crippen molar-refractivity contribution in [1.82, 2.24) is 14.4 Å². The summed E-state index contributed by atoms with van der Waals surface area (Å²) in [4.78, 5) is 29.6. The lowest BCUT2D eigenvalue weighted by molar-refractivity contribution is 0.0696. The van der Waals surface area contributed by atoms with Crippen LogP contribution in [0.1, 0.15) is 67.0 Å². The van der Waals surface area contributed by atoms with Gasteiger partial charge >= 0.3 is 6.03 Å². The van der Waals surface area contributed by atoms with Crippen LogP contribution in [0.3, 0.4) is 0 Å². The Balaban J connectivity index is 1.43. The number of likely N-dealkylation sites (tertiary alicyclic amines) is 1. The van der Waals surface area contributed by atoms with Gasteiger partial charge in [-0.05, 0) is 56.0 Å². The van der Waals surface area contributed by atoms with Gasteiger partial charge in [0.05, 0.1) is 16.6 Å². The molecule has 3 amide bonds. The van der Waals surface area contributed by atoms with Gasteiger partial charge in [0.1, 0.15) is 0 Å². The van der Waals surface area contributed by atoms with Crippen molar-refractivity contribution in [3.05, 3.63) is 52.8 Å². The molecular weight excluding hydrogens is 412 g/mol. The second-order valence-corrected chi connectivity index (χ2v) is 9.14. The Morgan fingerprint density at radius 3 is 2.55 bits per heavy atom. The van der Waals surface area contributed by atoms with Gasteiger partial charge in [-0.1, -0.05) is 30.9 Å². The second-order valence-electron chi connectivity index (χ2n) is 8.73. The highest BCUT2D eigenvalue weighted by atomic mass is 35.5. The molecule has 2 aromatic rings. The lowest BCUT2D eigenvalue weighted by Crippen LogP contribution is -2.38. The average Bonchev–Trinajstić information content (AvgIpc) is 3.42. The summed E-state index contributed by atoms with van der Waals surface area (Å²) in [5.41, 5.74) is 2.22. The minimum Gasteiger partial charge on any atom is -0.353 e. The molecule has 1 saturated heterocycles. The molecule has 31 heavy (non-hydrogen) atoms. The number of carbonyl (C=O) groups excluding carboxylic acids is 2. The molecule has 2 fully saturated rings. The van der Waals surface area contributed by atoms with E-state index in [1.807, 2.05) is 36.2 Å². The number of benzene rings is 1. The normalized spacial score (nSPS) is 19.5. The summed E-state index contributed by atoms with van der Waals surface area (Å²) < 4.78 is 2.07. The Morgan fingerprint density at radius 2 is 1.87 bits per heavy atom. The van der Waals surface area contributed by atoms with E-state index in [0.717, 1.165) is 37.9 Å². The van der Waals surface area contributed by atoms with Gasteiger partial charge in [0.2, 0.25) is 0 Å². The van der Waals surface area contributed by atoms with Gasteiger partial charge in [-0.2, -0.15) is 0 Å². The molecular formula is C24H31ClN4O2. The number of anilines is 1. The molecule has 1 N–H and O–H groups in total. The first-order valence-corrected chi connectivity index (χ1v) is 11.6. The lowest BCUT2D eigenvalue weighted by atomic mass is 9.94. The van der Waals surface area contributed by atoms with Crippen LogP contribution in [-0.2, 0) is 7.05 Å². The van der Waals surface area contributed by atoms with E-state index in [0.29, 0.717) is 16.3 Å². The largest absolute Gasteiger partial charge is 0.353 e. The van der Waals surface area contributed by atoms with Gasteiger partial charge in [0.15, 0.2) is 0 Å². The van der Waals surface area contributed by atoms with E-state index in [2.05, 4.69) is 16.0 Å². The van der Waals surface area contributed by atoms with Crippen LogP contribution >= 0.6 is 11.6 Å². The van der Waals surface area contributed by atoms with E-state index in [4.69, 9.17) is 11.6 Å². The summed E-state index contributed by atoms with van der Waals surface area (Å²) >= 11 is 6.47. The third kappa shape index (κ3) is 4.59. The smallest absolute Gasteiger partial charge is 0.322 e. The summed E-state index contributed by atoms with van der Waals surface area (Å²) in [6.45, 7) is 0.720. The van der Waals surface area contributed by atoms with E-state index in [9.17, 15) is 9.59 Å². The fourth-order valence-corrected chi connectivity index (χ4v) is 5.18. The molecule has 1 atom stereocenters. The van der Waals surface area contributed by atoms with Gasteiger partial charge in [-0.3, -0.25) is 4.79 Å². The quantitative estimate of drug-likeness (QED) is 0.684. The number of amides is 3. The monoisotopic (exact) mass is 442 g/mol. The Morgan fingerprint density at radius 1 is 1.10 bits per heavy atom. The van der Waals surface area contributed by atoms with Gasteiger partial charge in [0, 0.05) is 44.3 Å². The number of nitrogens with zero attached hydrogens (tertiary/aromatic N) is 3. The summed E-state index contributed by atoms with van der Waals surface area (Å²) in [5, 5.41) is 3.33. The van der Waals surface area contributed by atoms with Gasteiger partial charge in [-0.15, -0.1) is 0 Å². The summed E-state index contributed by atoms with van der Waals surface area (Å²) in [6, 6.07) is 9.44. The van der Waals surface area contributed by atoms with Gasteiger partial charge in [-0.25, -0.2) is 4.79 Å². The molecule has 4 rings (SSSR count). The SMILES string of the molecule is CN(C(=O)c1ccc(NC(=O)N2CCCC2c2cccn2C)cc1Cl)C1CCCCC1. The van der Waals surface area contributed by atoms with Crippen LogP contribution in [0, 0.1) is 0 Å². The molecule has 0 bridgehead atoms. The van der Waals surface area contributed by atoms with Crippen molar-refractivity contribution >= 4 is 29.2 Å². The Hall–Kier alpha value is -2.47. The molecule has 2 aliphatic rings. The fraction of sp³-hybridized carbons (Fsp3) is 0.500. The summed E-state index contributed by atoms with van der Waals surface area (Å²) in [5.74, 6) is -0.0573. The minimum absolute atomic E-state index is 0.0573. The van der Waals surface area contributed by atoms with Crippen molar-refractivity contribution in [2.24, 2.45) is 7.05 Å². The van der Waals surface area contributed by atoms with Crippen molar-refractivity contribution in [2.75, 3.05) is 18.9 Å². The van der Waals surface area contributed by atoms with Crippen molar-refractivity contribution < 1.29 is 9.59 Å². The van der Waals surface area contributed by atoms with E-state index in [1.165, 1.54) is 19.3 Å². The molecule has 1 aromatic heterocycles. The van der Waals surface area contributed by atoms with Crippen LogP contribution < -0.4 is 5.32 Å². The van der Waals surface area contributed by atoms with Gasteiger partial charge in [0.25, 0.3) is 5.91 Å². The number of halogens is 1. The third-order valence-electron chi connectivity index (χ3n) is 6.73. The highest BCUT2D eigenvalue weighted by Crippen LogP contribution is 2.33. The van der Waals surface area contributed by atoms with Crippen LogP contribution in [0.5, 0.6) is 0 Å². The zero-order valence-corrected chi connectivity index (χ0v) is 19.1. The molecule has 2 heterocycles. The maximum absolute atomic E-state index is 13.0. The molecule has 0 radical (unpaired) electrons. The van der Waals surface area contributed by atoms with Crippen LogP contribution in [0.4, 0.5) is 10.5 Å². The third-order valence-corrected chi connectivity index (χ3v) is 7.05. The number of nitrogens with one attached hydrogen (secondary N) is 1. The predicted molar refractivity (Wildman–Crippen MR) is 124 cm³/mol. The Bertz CT molecular complexity index is 951. The number of carbonyl (C=O) groups is 2. The van der Waals surface area contributed by atoms with E-state index >= 15 is 0 Å². The topological polar surface area (TPSA) is 57.6 Å². The van der Waals surface area contributed by atoms with Crippen LogP contribution in [0.15, 0.2) is 36.5 Å². The summed E-state index contributed by atoms with van der Waals surface area (Å²) in [7, 11) is 3.87. The number of urea groups is 1. The number of aryl methyl sites for hydroxylation is 1. The minimum atomic E-state index is -0.141. The maximum atomic E-state index is 13.0. The number of rotatable bonds is 4. The van der Waals surface area contributed by atoms with E-state index in [-0.39, 0.29) is 24.0 Å². The zero-order valence-electron chi connectivity index (χ0n) is 18.3. The van der Waals surface area contributed by atoms with E-state index < -0.39 is 0 Å². The second kappa shape index (κ2) is 9.35. The van der Waals surface area contributed by atoms with Crippen molar-refractivity contribution in [3.8, 4) is 0 Å². The number of hydrogen-bond acceptors (Lipinski definition) is 2. The Kier molecular flexibility index (Phi) is 6.56. The number of hydrogen-bond donors (Lipinski definition) is 1. The zero-order chi connectivity index (χ0) is 22.0. The molecule has 6 nitrogen and oxygen atoms in total. The molecule has 1 saturated carbocycles. The van der Waals surface area contributed by atoms with Crippen LogP contribution in [0.25, 0.3) is 0 Å².